The number of halogens is 1. The van der Waals surface area contributed by atoms with Gasteiger partial charge in [0.25, 0.3) is 5.91 Å². The number of carbonyl (C=O) groups excluding carboxylic acids is 1. The molecule has 1 N–H and O–H groups in total. The second-order valence-electron chi connectivity index (χ2n) is 6.52. The molecular weight excluding hydrogens is 382 g/mol. The Kier molecular flexibility index (Phi) is 5.90. The fourth-order valence-corrected chi connectivity index (χ4v) is 3.08. The summed E-state index contributed by atoms with van der Waals surface area (Å²) in [7, 11) is 1.52. The summed E-state index contributed by atoms with van der Waals surface area (Å²) in [5.41, 5.74) is 1.45. The van der Waals surface area contributed by atoms with E-state index in [-0.39, 0.29) is 18.4 Å². The Bertz CT molecular complexity index is 1070. The van der Waals surface area contributed by atoms with Crippen molar-refractivity contribution in [1.29, 1.82) is 0 Å². The van der Waals surface area contributed by atoms with Crippen LogP contribution in [0.4, 0.5) is 5.69 Å². The van der Waals surface area contributed by atoms with Crippen LogP contribution in [-0.4, -0.2) is 19.6 Å². The number of ether oxygens (including phenoxy) is 2. The van der Waals surface area contributed by atoms with Gasteiger partial charge >= 0.3 is 5.63 Å². The Balaban J connectivity index is 1.70. The number of amides is 1. The van der Waals surface area contributed by atoms with Gasteiger partial charge in [0.15, 0.2) is 6.61 Å². The van der Waals surface area contributed by atoms with Crippen LogP contribution in [0.5, 0.6) is 11.5 Å². The molecule has 0 aliphatic rings. The second-order valence-corrected chi connectivity index (χ2v) is 6.93. The maximum atomic E-state index is 12.1. The maximum Gasteiger partial charge on any atom is 0.336 e. The normalized spacial score (nSPS) is 10.9. The number of nitrogens with one attached hydrogen (secondary N) is 1. The van der Waals surface area contributed by atoms with E-state index in [1.54, 1.807) is 30.3 Å². The summed E-state index contributed by atoms with van der Waals surface area (Å²) < 4.78 is 15.9. The third-order valence-corrected chi connectivity index (χ3v) is 4.47. The Hall–Kier alpha value is -2.99. The molecule has 0 unspecified atom stereocenters. The third-order valence-electron chi connectivity index (χ3n) is 4.18. The van der Waals surface area contributed by atoms with Gasteiger partial charge in [0.05, 0.1) is 12.1 Å². The summed E-state index contributed by atoms with van der Waals surface area (Å²) in [6, 6.07) is 11.6. The SMILES string of the molecule is COc1ccc(NC(=O)COc2ccc3c(C(C)C)cc(=O)oc3c2)cc1Cl. The number of methoxy groups -OCH3 is 1. The van der Waals surface area contributed by atoms with E-state index in [1.807, 2.05) is 19.9 Å². The average Bonchev–Trinajstić information content (AvgIpc) is 2.65. The van der Waals surface area contributed by atoms with Crippen molar-refractivity contribution in [3.8, 4) is 11.5 Å². The summed E-state index contributed by atoms with van der Waals surface area (Å²) in [6.07, 6.45) is 0. The third kappa shape index (κ3) is 4.46. The highest BCUT2D eigenvalue weighted by Gasteiger charge is 2.11. The minimum atomic E-state index is -0.414. The molecule has 0 saturated carbocycles. The van der Waals surface area contributed by atoms with Gasteiger partial charge < -0.3 is 19.2 Å². The number of carbonyl (C=O) groups is 1. The number of benzene rings is 2. The zero-order valence-electron chi connectivity index (χ0n) is 15.7. The minimum absolute atomic E-state index is 0.181. The second kappa shape index (κ2) is 8.35. The zero-order valence-corrected chi connectivity index (χ0v) is 16.5. The minimum Gasteiger partial charge on any atom is -0.495 e. The molecule has 3 rings (SSSR count). The lowest BCUT2D eigenvalue weighted by Gasteiger charge is -2.11. The van der Waals surface area contributed by atoms with Crippen LogP contribution in [0.15, 0.2) is 51.7 Å². The number of fused-ring (bicyclic) bond motifs is 1. The van der Waals surface area contributed by atoms with Gasteiger partial charge in [-0.3, -0.25) is 4.79 Å². The Morgan fingerprint density at radius 3 is 2.64 bits per heavy atom. The van der Waals surface area contributed by atoms with Crippen molar-refractivity contribution in [2.75, 3.05) is 19.0 Å². The van der Waals surface area contributed by atoms with E-state index in [1.165, 1.54) is 13.2 Å². The van der Waals surface area contributed by atoms with Crippen molar-refractivity contribution in [1.82, 2.24) is 0 Å². The molecule has 0 aliphatic heterocycles. The molecule has 7 heteroatoms. The van der Waals surface area contributed by atoms with Crippen molar-refractivity contribution >= 4 is 34.2 Å². The van der Waals surface area contributed by atoms with Crippen molar-refractivity contribution in [2.24, 2.45) is 0 Å². The Morgan fingerprint density at radius 1 is 1.18 bits per heavy atom. The first-order valence-corrected chi connectivity index (χ1v) is 9.09. The van der Waals surface area contributed by atoms with E-state index >= 15 is 0 Å². The van der Waals surface area contributed by atoms with Gasteiger partial charge in [-0.15, -0.1) is 0 Å². The van der Waals surface area contributed by atoms with Gasteiger partial charge in [0, 0.05) is 23.2 Å². The number of hydrogen-bond acceptors (Lipinski definition) is 5. The van der Waals surface area contributed by atoms with Gasteiger partial charge in [0.1, 0.15) is 17.1 Å². The summed E-state index contributed by atoms with van der Waals surface area (Å²) in [4.78, 5) is 23.9. The fraction of sp³-hybridized carbons (Fsp3) is 0.238. The smallest absolute Gasteiger partial charge is 0.336 e. The Labute approximate surface area is 167 Å². The molecule has 1 heterocycles. The van der Waals surface area contributed by atoms with Gasteiger partial charge in [0.2, 0.25) is 0 Å². The molecule has 0 spiro atoms. The van der Waals surface area contributed by atoms with Crippen LogP contribution in [0, 0.1) is 0 Å². The molecular formula is C21H20ClNO5. The van der Waals surface area contributed by atoms with Gasteiger partial charge in [-0.1, -0.05) is 25.4 Å². The van der Waals surface area contributed by atoms with Crippen LogP contribution in [0.3, 0.4) is 0 Å². The van der Waals surface area contributed by atoms with Crippen molar-refractivity contribution < 1.29 is 18.7 Å². The van der Waals surface area contributed by atoms with Crippen LogP contribution in [-0.2, 0) is 4.79 Å². The first-order chi connectivity index (χ1) is 13.4. The number of hydrogen-bond donors (Lipinski definition) is 1. The van der Waals surface area contributed by atoms with E-state index in [9.17, 15) is 9.59 Å². The largest absolute Gasteiger partial charge is 0.495 e. The predicted octanol–water partition coefficient (Wildman–Crippen LogP) is 4.60. The molecule has 0 bridgehead atoms. The van der Waals surface area contributed by atoms with E-state index < -0.39 is 5.63 Å². The summed E-state index contributed by atoms with van der Waals surface area (Å²) in [6.45, 7) is 3.81. The first-order valence-electron chi connectivity index (χ1n) is 8.71. The van der Waals surface area contributed by atoms with Crippen LogP contribution in [0.2, 0.25) is 5.02 Å². The van der Waals surface area contributed by atoms with Gasteiger partial charge in [-0.2, -0.15) is 0 Å². The van der Waals surface area contributed by atoms with Crippen LogP contribution < -0.4 is 20.4 Å². The topological polar surface area (TPSA) is 77.8 Å². The lowest BCUT2D eigenvalue weighted by molar-refractivity contribution is -0.118. The number of rotatable bonds is 6. The molecule has 0 aliphatic carbocycles. The molecule has 1 aromatic heterocycles. The molecule has 0 radical (unpaired) electrons. The lowest BCUT2D eigenvalue weighted by Crippen LogP contribution is -2.20. The van der Waals surface area contributed by atoms with Crippen LogP contribution in [0.1, 0.15) is 25.3 Å². The van der Waals surface area contributed by atoms with Crippen LogP contribution >= 0.6 is 11.6 Å². The highest BCUT2D eigenvalue weighted by atomic mass is 35.5. The maximum absolute atomic E-state index is 12.1. The molecule has 3 aromatic rings. The van der Waals surface area contributed by atoms with Gasteiger partial charge in [-0.05, 0) is 41.8 Å². The van der Waals surface area contributed by atoms with Crippen LogP contribution in [0.25, 0.3) is 11.0 Å². The monoisotopic (exact) mass is 401 g/mol. The molecule has 28 heavy (non-hydrogen) atoms. The van der Waals surface area contributed by atoms with Gasteiger partial charge in [-0.25, -0.2) is 4.79 Å². The lowest BCUT2D eigenvalue weighted by atomic mass is 10.00. The van der Waals surface area contributed by atoms with Crippen molar-refractivity contribution in [2.45, 2.75) is 19.8 Å². The van der Waals surface area contributed by atoms with E-state index in [4.69, 9.17) is 25.5 Å². The van der Waals surface area contributed by atoms with Crippen molar-refractivity contribution in [3.63, 3.8) is 0 Å². The highest BCUT2D eigenvalue weighted by Crippen LogP contribution is 2.28. The predicted molar refractivity (Wildman–Crippen MR) is 109 cm³/mol. The summed E-state index contributed by atoms with van der Waals surface area (Å²) in [5.74, 6) is 0.785. The molecule has 6 nitrogen and oxygen atoms in total. The Morgan fingerprint density at radius 2 is 1.96 bits per heavy atom. The first kappa shape index (κ1) is 19.8. The average molecular weight is 402 g/mol. The van der Waals surface area contributed by atoms with E-state index in [0.717, 1.165) is 10.9 Å². The fourth-order valence-electron chi connectivity index (χ4n) is 2.83. The molecule has 0 fully saturated rings. The highest BCUT2D eigenvalue weighted by molar-refractivity contribution is 6.32. The molecule has 0 atom stereocenters. The zero-order chi connectivity index (χ0) is 20.3. The summed E-state index contributed by atoms with van der Waals surface area (Å²) in [5, 5.41) is 3.94. The summed E-state index contributed by atoms with van der Waals surface area (Å²) >= 11 is 6.05. The van der Waals surface area contributed by atoms with E-state index in [2.05, 4.69) is 5.32 Å². The van der Waals surface area contributed by atoms with E-state index in [0.29, 0.717) is 27.8 Å². The number of anilines is 1. The quantitative estimate of drug-likeness (QED) is 0.611. The molecule has 0 saturated heterocycles. The standard InChI is InChI=1S/C21H20ClNO5/c1-12(2)16-10-21(25)28-19-9-14(5-6-15(16)19)27-11-20(24)23-13-4-7-18(26-3)17(22)8-13/h4-10,12H,11H2,1-3H3,(H,23,24). The molecule has 1 amide bonds. The van der Waals surface area contributed by atoms with Crippen molar-refractivity contribution in [3.05, 3.63) is 63.5 Å². The molecule has 146 valence electrons. The molecule has 2 aromatic carbocycles.